The molecule has 0 atom stereocenters. The number of ether oxygens (including phenoxy) is 2. The third kappa shape index (κ3) is 3.46. The van der Waals surface area contributed by atoms with Crippen LogP contribution >= 0.6 is 0 Å². The monoisotopic (exact) mass is 380 g/mol. The fraction of sp³-hybridized carbons (Fsp3) is 0.190. The number of rotatable bonds is 4. The Labute approximate surface area is 161 Å². The van der Waals surface area contributed by atoms with Gasteiger partial charge in [-0.3, -0.25) is 4.79 Å². The summed E-state index contributed by atoms with van der Waals surface area (Å²) in [5, 5.41) is 3.96. The lowest BCUT2D eigenvalue weighted by Gasteiger charge is -2.13. The lowest BCUT2D eigenvalue weighted by Crippen LogP contribution is -2.16. The van der Waals surface area contributed by atoms with Gasteiger partial charge in [-0.15, -0.1) is 0 Å². The van der Waals surface area contributed by atoms with Crippen LogP contribution in [0.5, 0.6) is 0 Å². The minimum atomic E-state index is -0.739. The summed E-state index contributed by atoms with van der Waals surface area (Å²) in [7, 11) is 2.42. The maximum absolute atomic E-state index is 13.0. The van der Waals surface area contributed by atoms with Crippen LogP contribution in [-0.4, -0.2) is 31.1 Å². The molecule has 0 amide bonds. The summed E-state index contributed by atoms with van der Waals surface area (Å²) < 4.78 is 9.30. The Kier molecular flexibility index (Phi) is 5.17. The van der Waals surface area contributed by atoms with Gasteiger partial charge in [0.05, 0.1) is 37.0 Å². The van der Waals surface area contributed by atoms with Crippen LogP contribution in [0.2, 0.25) is 0 Å². The van der Waals surface area contributed by atoms with Crippen molar-refractivity contribution < 1.29 is 19.1 Å². The van der Waals surface area contributed by atoms with Crippen LogP contribution in [0.15, 0.2) is 46.9 Å². The van der Waals surface area contributed by atoms with Gasteiger partial charge in [-0.1, -0.05) is 12.1 Å². The van der Waals surface area contributed by atoms with Gasteiger partial charge in [0.25, 0.3) is 0 Å². The van der Waals surface area contributed by atoms with Gasteiger partial charge in [0.1, 0.15) is 5.70 Å². The number of fused-ring (bicyclic) bond motifs is 2. The molecule has 2 N–H and O–H groups in total. The van der Waals surface area contributed by atoms with E-state index in [-0.39, 0.29) is 11.1 Å². The van der Waals surface area contributed by atoms with Crippen molar-refractivity contribution in [1.29, 1.82) is 0 Å². The van der Waals surface area contributed by atoms with Gasteiger partial charge in [0.15, 0.2) is 5.43 Å². The zero-order valence-electron chi connectivity index (χ0n) is 16.0. The van der Waals surface area contributed by atoms with Crippen molar-refractivity contribution in [1.82, 2.24) is 4.98 Å². The topological polar surface area (TPSA) is 97.5 Å². The first kappa shape index (κ1) is 19.2. The molecule has 1 heterocycles. The molecule has 2 aromatic carbocycles. The summed E-state index contributed by atoms with van der Waals surface area (Å²) in [4.78, 5) is 40.0. The molecule has 0 bridgehead atoms. The number of nitrogens with one attached hydrogen (secondary N) is 2. The number of hydrogen-bond donors (Lipinski definition) is 2. The zero-order valence-corrected chi connectivity index (χ0v) is 16.0. The predicted octanol–water partition coefficient (Wildman–Crippen LogP) is 2.94. The normalized spacial score (nSPS) is 11.5. The minimum absolute atomic E-state index is 0.108. The molecule has 0 aliphatic carbocycles. The number of benzene rings is 2. The highest BCUT2D eigenvalue weighted by Gasteiger charge is 2.16. The molecule has 0 aliphatic rings. The highest BCUT2D eigenvalue weighted by atomic mass is 16.5. The van der Waals surface area contributed by atoms with Crippen LogP contribution in [0.3, 0.4) is 0 Å². The Morgan fingerprint density at radius 1 is 1.11 bits per heavy atom. The van der Waals surface area contributed by atoms with Crippen LogP contribution in [-0.2, 0) is 19.1 Å². The first-order chi connectivity index (χ1) is 13.3. The van der Waals surface area contributed by atoms with Gasteiger partial charge in [-0.2, -0.15) is 0 Å². The Hall–Kier alpha value is -3.61. The van der Waals surface area contributed by atoms with Gasteiger partial charge in [-0.25, -0.2) is 9.59 Å². The van der Waals surface area contributed by atoms with Crippen LogP contribution in [0.4, 0.5) is 5.69 Å². The number of H-pyrrole nitrogens is 1. The number of carbonyl (C=O) groups is 2. The molecule has 0 spiro atoms. The Morgan fingerprint density at radius 2 is 1.86 bits per heavy atom. The first-order valence-corrected chi connectivity index (χ1v) is 8.56. The third-order valence-electron chi connectivity index (χ3n) is 4.41. The van der Waals surface area contributed by atoms with Crippen molar-refractivity contribution in [3.05, 3.63) is 63.5 Å². The summed E-state index contributed by atoms with van der Waals surface area (Å²) in [5.74, 6) is -1.45. The lowest BCUT2D eigenvalue weighted by atomic mass is 10.0. The predicted molar refractivity (Wildman–Crippen MR) is 107 cm³/mol. The quantitative estimate of drug-likeness (QED) is 0.410. The highest BCUT2D eigenvalue weighted by molar-refractivity contribution is 6.03. The number of methoxy groups -OCH3 is 2. The zero-order chi connectivity index (χ0) is 20.4. The summed E-state index contributed by atoms with van der Waals surface area (Å²) in [5.41, 5.74) is 3.36. The van der Waals surface area contributed by atoms with E-state index >= 15 is 0 Å². The molecule has 0 fully saturated rings. The number of aromatic amines is 1. The summed E-state index contributed by atoms with van der Waals surface area (Å²) in [6.07, 6.45) is 0.998. The van der Waals surface area contributed by atoms with Crippen molar-refractivity contribution in [2.75, 3.05) is 19.5 Å². The molecule has 144 valence electrons. The molecule has 0 saturated carbocycles. The number of pyridine rings is 1. The molecule has 0 radical (unpaired) electrons. The van der Waals surface area contributed by atoms with Gasteiger partial charge in [0, 0.05) is 10.8 Å². The molecule has 7 nitrogen and oxygen atoms in total. The van der Waals surface area contributed by atoms with Gasteiger partial charge in [0.2, 0.25) is 0 Å². The number of anilines is 1. The maximum Gasteiger partial charge on any atom is 0.354 e. The molecule has 1 aromatic heterocycles. The molecule has 3 aromatic rings. The van der Waals surface area contributed by atoms with Gasteiger partial charge >= 0.3 is 11.9 Å². The van der Waals surface area contributed by atoms with E-state index in [4.69, 9.17) is 4.74 Å². The number of para-hydroxylation sites is 1. The average Bonchev–Trinajstić information content (AvgIpc) is 2.66. The minimum Gasteiger partial charge on any atom is -0.466 e. The van der Waals surface area contributed by atoms with Gasteiger partial charge < -0.3 is 19.8 Å². The largest absolute Gasteiger partial charge is 0.466 e. The molecule has 0 saturated heterocycles. The standard InChI is InChI=1S/C21H20N2O5/c1-11-8-12(2)18-15(9-11)23-19-13(20(18)25)6-5-7-14(19)22-16(21(26)28-4)10-17(24)27-3/h5-10,22H,1-4H3,(H,23,25)/b16-10+. The SMILES string of the molecule is COC(=O)/C=C(/Nc1cccc2c(=O)c3c(C)cc(C)cc3[nH]c12)C(=O)OC. The lowest BCUT2D eigenvalue weighted by molar-refractivity contribution is -0.138. The molecule has 7 heteroatoms. The van der Waals surface area contributed by atoms with E-state index in [0.717, 1.165) is 17.2 Å². The number of esters is 2. The fourth-order valence-electron chi connectivity index (χ4n) is 3.20. The Balaban J connectivity index is 2.24. The summed E-state index contributed by atoms with van der Waals surface area (Å²) in [6.45, 7) is 3.85. The fourth-order valence-corrected chi connectivity index (χ4v) is 3.20. The first-order valence-electron chi connectivity index (χ1n) is 8.56. The smallest absolute Gasteiger partial charge is 0.354 e. The van der Waals surface area contributed by atoms with Crippen molar-refractivity contribution in [2.45, 2.75) is 13.8 Å². The molecule has 28 heavy (non-hydrogen) atoms. The second kappa shape index (κ2) is 7.56. The van der Waals surface area contributed by atoms with E-state index in [1.807, 2.05) is 26.0 Å². The molecular weight excluding hydrogens is 360 g/mol. The maximum atomic E-state index is 13.0. The van der Waals surface area contributed by atoms with Crippen LogP contribution < -0.4 is 10.7 Å². The van der Waals surface area contributed by atoms with Crippen molar-refractivity contribution in [2.24, 2.45) is 0 Å². The number of aromatic nitrogens is 1. The number of hydrogen-bond acceptors (Lipinski definition) is 6. The molecular formula is C21H20N2O5. The second-order valence-corrected chi connectivity index (χ2v) is 6.38. The Morgan fingerprint density at radius 3 is 2.54 bits per heavy atom. The van der Waals surface area contributed by atoms with Crippen molar-refractivity contribution in [3.8, 4) is 0 Å². The van der Waals surface area contributed by atoms with Crippen LogP contribution in [0.25, 0.3) is 21.8 Å². The van der Waals surface area contributed by atoms with Crippen molar-refractivity contribution >= 4 is 39.4 Å². The summed E-state index contributed by atoms with van der Waals surface area (Å²) in [6, 6.07) is 8.95. The molecule has 0 aliphatic heterocycles. The Bertz CT molecular complexity index is 1190. The molecule has 3 rings (SSSR count). The molecule has 0 unspecified atom stereocenters. The van der Waals surface area contributed by atoms with E-state index < -0.39 is 11.9 Å². The third-order valence-corrected chi connectivity index (χ3v) is 4.41. The van der Waals surface area contributed by atoms with E-state index in [1.54, 1.807) is 18.2 Å². The number of carbonyl (C=O) groups excluding carboxylic acids is 2. The van der Waals surface area contributed by atoms with E-state index in [0.29, 0.717) is 27.5 Å². The second-order valence-electron chi connectivity index (χ2n) is 6.38. The van der Waals surface area contributed by atoms with E-state index in [1.165, 1.54) is 14.2 Å². The van der Waals surface area contributed by atoms with Gasteiger partial charge in [-0.05, 0) is 43.2 Å². The van der Waals surface area contributed by atoms with Crippen molar-refractivity contribution in [3.63, 3.8) is 0 Å². The van der Waals surface area contributed by atoms with Crippen LogP contribution in [0, 0.1) is 13.8 Å². The highest BCUT2D eigenvalue weighted by Crippen LogP contribution is 2.25. The van der Waals surface area contributed by atoms with E-state index in [9.17, 15) is 14.4 Å². The number of aryl methyl sites for hydroxylation is 2. The summed E-state index contributed by atoms with van der Waals surface area (Å²) >= 11 is 0. The average molecular weight is 380 g/mol. The van der Waals surface area contributed by atoms with Crippen LogP contribution in [0.1, 0.15) is 11.1 Å². The van der Waals surface area contributed by atoms with E-state index in [2.05, 4.69) is 15.0 Å².